The summed E-state index contributed by atoms with van der Waals surface area (Å²) in [7, 11) is 1.39. The van der Waals surface area contributed by atoms with E-state index in [4.69, 9.17) is 0 Å². The molecule has 0 bridgehead atoms. The SMILES string of the molecule is Cc1cc(F)ccc1[C@H]1CN([I-]C2CCCCC2)CCN1C(=O)N(C)[C@H](C)c1cc(C(F)(F)F)cc(C(F)(F)F)c1. The minimum atomic E-state index is -4.98. The van der Waals surface area contributed by atoms with Crippen LogP contribution in [0.2, 0.25) is 0 Å². The van der Waals surface area contributed by atoms with Gasteiger partial charge in [-0.3, -0.25) is 0 Å². The van der Waals surface area contributed by atoms with Crippen molar-refractivity contribution in [2.45, 2.75) is 74.3 Å². The fourth-order valence-electron chi connectivity index (χ4n) is 5.50. The summed E-state index contributed by atoms with van der Waals surface area (Å²) in [6.07, 6.45) is -3.88. The third kappa shape index (κ3) is 7.66. The molecule has 2 fully saturated rings. The van der Waals surface area contributed by atoms with Crippen molar-refractivity contribution in [2.24, 2.45) is 0 Å². The molecule has 1 saturated carbocycles. The van der Waals surface area contributed by atoms with Gasteiger partial charge in [0.05, 0.1) is 0 Å². The van der Waals surface area contributed by atoms with Crippen LogP contribution in [0.4, 0.5) is 35.5 Å². The van der Waals surface area contributed by atoms with Crippen LogP contribution < -0.4 is 21.5 Å². The van der Waals surface area contributed by atoms with E-state index >= 15 is 0 Å². The van der Waals surface area contributed by atoms with Gasteiger partial charge in [0.1, 0.15) is 0 Å². The van der Waals surface area contributed by atoms with Gasteiger partial charge < -0.3 is 0 Å². The van der Waals surface area contributed by atoms with E-state index in [1.54, 1.807) is 17.9 Å². The monoisotopic (exact) mass is 700 g/mol. The van der Waals surface area contributed by atoms with E-state index in [0.29, 0.717) is 41.3 Å². The molecule has 0 unspecified atom stereocenters. The number of hydrogen-bond donors (Lipinski definition) is 0. The van der Waals surface area contributed by atoms with Crippen molar-refractivity contribution in [3.05, 3.63) is 70.0 Å². The van der Waals surface area contributed by atoms with Crippen LogP contribution in [0.25, 0.3) is 0 Å². The number of rotatable bonds is 5. The predicted octanol–water partition coefficient (Wildman–Crippen LogP) is 4.98. The average molecular weight is 701 g/mol. The van der Waals surface area contributed by atoms with E-state index in [2.05, 4.69) is 3.11 Å². The molecule has 0 aromatic heterocycles. The molecular weight excluding hydrogens is 666 g/mol. The molecule has 2 aromatic carbocycles. The van der Waals surface area contributed by atoms with Crippen LogP contribution in [0.3, 0.4) is 0 Å². The van der Waals surface area contributed by atoms with Gasteiger partial charge in [-0.15, -0.1) is 0 Å². The topological polar surface area (TPSA) is 26.8 Å². The summed E-state index contributed by atoms with van der Waals surface area (Å²) in [4.78, 5) is 16.7. The molecule has 41 heavy (non-hydrogen) atoms. The summed E-state index contributed by atoms with van der Waals surface area (Å²) in [5.74, 6) is -0.401. The van der Waals surface area contributed by atoms with E-state index < -0.39 is 47.4 Å². The van der Waals surface area contributed by atoms with Crippen molar-refractivity contribution < 1.29 is 57.0 Å². The van der Waals surface area contributed by atoms with Crippen LogP contribution >= 0.6 is 0 Å². The molecule has 1 aliphatic carbocycles. The van der Waals surface area contributed by atoms with E-state index in [1.165, 1.54) is 63.1 Å². The molecule has 1 aliphatic heterocycles. The molecule has 4 nitrogen and oxygen atoms in total. The second-order valence-corrected chi connectivity index (χ2v) is 14.5. The molecule has 0 N–H and O–H groups in total. The zero-order valence-corrected chi connectivity index (χ0v) is 25.3. The Labute approximate surface area is 246 Å². The maximum absolute atomic E-state index is 14.0. The zero-order chi connectivity index (χ0) is 30.1. The summed E-state index contributed by atoms with van der Waals surface area (Å²) < 4.78 is 97.9. The molecular formula is C29H34F7IN3O-. The number of hydrogen-bond acceptors (Lipinski definition) is 2. The van der Waals surface area contributed by atoms with Crippen LogP contribution in [0.15, 0.2) is 36.4 Å². The Bertz CT molecular complexity index is 1200. The molecule has 1 heterocycles. The number of carbonyl (C=O) groups is 1. The molecule has 2 aliphatic rings. The molecule has 2 amide bonds. The van der Waals surface area contributed by atoms with Crippen LogP contribution in [0.1, 0.15) is 78.9 Å². The molecule has 0 radical (unpaired) electrons. The second kappa shape index (κ2) is 12.6. The number of urea groups is 1. The van der Waals surface area contributed by atoms with Crippen molar-refractivity contribution >= 4 is 6.03 Å². The van der Waals surface area contributed by atoms with Gasteiger partial charge in [0, 0.05) is 0 Å². The van der Waals surface area contributed by atoms with E-state index in [0.717, 1.165) is 5.56 Å². The minimum absolute atomic E-state index is 0.0833. The molecule has 2 aromatic rings. The van der Waals surface area contributed by atoms with E-state index in [-0.39, 0.29) is 33.1 Å². The standard InChI is InChI=1S/C29H34F7IN3O/c1-18-13-23(30)9-10-25(18)26-17-39(37-24-7-5-4-6-8-24)11-12-40(26)27(41)38(3)19(2)20-14-21(28(31,32)33)16-22(15-20)29(34,35)36/h9-10,13-16,19,24,26H,4-8,11-12,17H2,1-3H3/q-1/t19-,26-/m1/s1. The molecule has 4 rings (SSSR count). The molecule has 12 heteroatoms. The van der Waals surface area contributed by atoms with Crippen molar-refractivity contribution in [1.82, 2.24) is 12.9 Å². The maximum atomic E-state index is 14.0. The number of nitrogens with zero attached hydrogens (tertiary/aromatic N) is 3. The zero-order valence-electron chi connectivity index (χ0n) is 23.1. The summed E-state index contributed by atoms with van der Waals surface area (Å²) in [5, 5.41) is 0. The Kier molecular flexibility index (Phi) is 9.82. The Morgan fingerprint density at radius 2 is 1.56 bits per heavy atom. The number of benzene rings is 2. The quantitative estimate of drug-likeness (QED) is 0.191. The van der Waals surface area contributed by atoms with Gasteiger partial charge in [-0.1, -0.05) is 0 Å². The van der Waals surface area contributed by atoms with Crippen molar-refractivity contribution in [3.8, 4) is 0 Å². The number of piperazine rings is 1. The predicted molar refractivity (Wildman–Crippen MR) is 137 cm³/mol. The van der Waals surface area contributed by atoms with Crippen molar-refractivity contribution in [2.75, 3.05) is 26.7 Å². The second-order valence-electron chi connectivity index (χ2n) is 10.8. The number of alkyl halides is 7. The summed E-state index contributed by atoms with van der Waals surface area (Å²) >= 11 is -0.293. The molecule has 2 atom stereocenters. The normalized spacial score (nSPS) is 20.3. The first-order valence-electron chi connectivity index (χ1n) is 13.6. The first kappa shape index (κ1) is 31.8. The van der Waals surface area contributed by atoms with Gasteiger partial charge in [0.25, 0.3) is 0 Å². The Balaban J connectivity index is 1.62. The first-order chi connectivity index (χ1) is 19.1. The number of halogens is 8. The summed E-state index contributed by atoms with van der Waals surface area (Å²) in [6, 6.07) is 3.80. The van der Waals surface area contributed by atoms with Crippen LogP contribution in [0.5, 0.6) is 0 Å². The third-order valence-corrected chi connectivity index (χ3v) is 11.7. The fraction of sp³-hybridized carbons (Fsp3) is 0.552. The Morgan fingerprint density at radius 3 is 2.12 bits per heavy atom. The first-order valence-corrected chi connectivity index (χ1v) is 15.8. The Morgan fingerprint density at radius 1 is 0.951 bits per heavy atom. The van der Waals surface area contributed by atoms with Crippen molar-refractivity contribution in [3.63, 3.8) is 0 Å². The van der Waals surface area contributed by atoms with E-state index in [9.17, 15) is 35.5 Å². The fourth-order valence-corrected chi connectivity index (χ4v) is 9.15. The van der Waals surface area contributed by atoms with Crippen LogP contribution in [-0.2, 0) is 12.4 Å². The van der Waals surface area contributed by atoms with Gasteiger partial charge in [0.2, 0.25) is 0 Å². The van der Waals surface area contributed by atoms with Gasteiger partial charge in [-0.2, -0.15) is 0 Å². The molecule has 0 spiro atoms. The third-order valence-electron chi connectivity index (χ3n) is 7.95. The van der Waals surface area contributed by atoms with Gasteiger partial charge in [-0.25, -0.2) is 0 Å². The summed E-state index contributed by atoms with van der Waals surface area (Å²) in [5.41, 5.74) is -1.66. The van der Waals surface area contributed by atoms with Gasteiger partial charge in [0.15, 0.2) is 0 Å². The van der Waals surface area contributed by atoms with Crippen molar-refractivity contribution in [1.29, 1.82) is 0 Å². The Hall–Kier alpha value is -2.09. The van der Waals surface area contributed by atoms with E-state index in [1.807, 2.05) is 0 Å². The van der Waals surface area contributed by atoms with Crippen LogP contribution in [-0.4, -0.2) is 49.6 Å². The van der Waals surface area contributed by atoms with Crippen LogP contribution in [0, 0.1) is 12.7 Å². The molecule has 1 saturated heterocycles. The summed E-state index contributed by atoms with van der Waals surface area (Å²) in [6.45, 7) is 4.71. The number of amides is 2. The van der Waals surface area contributed by atoms with Gasteiger partial charge in [-0.05, 0) is 0 Å². The number of aryl methyl sites for hydroxylation is 1. The molecule has 228 valence electrons. The number of carbonyl (C=O) groups excluding carboxylic acids is 1. The van der Waals surface area contributed by atoms with Gasteiger partial charge >= 0.3 is 247 Å². The average Bonchev–Trinajstić information content (AvgIpc) is 2.91.